The summed E-state index contributed by atoms with van der Waals surface area (Å²) >= 11 is 0. The molecule has 4 nitrogen and oxygen atoms in total. The van der Waals surface area contributed by atoms with Gasteiger partial charge in [-0.05, 0) is 17.7 Å². The SMILES string of the molecule is Nc1cccc(-c2cccc([N+](=O)[O-])c2F)c1. The lowest BCUT2D eigenvalue weighted by Gasteiger charge is -2.04. The number of nitro benzene ring substituents is 1. The highest BCUT2D eigenvalue weighted by Crippen LogP contribution is 2.29. The maximum atomic E-state index is 13.9. The second kappa shape index (κ2) is 4.21. The van der Waals surface area contributed by atoms with Crippen LogP contribution in [0.3, 0.4) is 0 Å². The third kappa shape index (κ3) is 2.08. The molecule has 2 N–H and O–H groups in total. The number of nitrogen functional groups attached to an aromatic ring is 1. The summed E-state index contributed by atoms with van der Waals surface area (Å²) in [7, 11) is 0. The molecule has 0 bridgehead atoms. The number of nitrogens with zero attached hydrogens (tertiary/aromatic N) is 1. The Morgan fingerprint density at radius 1 is 1.18 bits per heavy atom. The Labute approximate surface area is 96.6 Å². The van der Waals surface area contributed by atoms with E-state index in [-0.39, 0.29) is 5.56 Å². The summed E-state index contributed by atoms with van der Waals surface area (Å²) in [6, 6.07) is 10.6. The first-order chi connectivity index (χ1) is 8.09. The van der Waals surface area contributed by atoms with Gasteiger partial charge in [0.2, 0.25) is 5.82 Å². The molecule has 0 spiro atoms. The fraction of sp³-hybridized carbons (Fsp3) is 0. The molecule has 0 aliphatic carbocycles. The van der Waals surface area contributed by atoms with E-state index in [0.717, 1.165) is 6.07 Å². The number of anilines is 1. The van der Waals surface area contributed by atoms with Gasteiger partial charge in [-0.3, -0.25) is 10.1 Å². The van der Waals surface area contributed by atoms with E-state index in [1.807, 2.05) is 0 Å². The van der Waals surface area contributed by atoms with Crippen molar-refractivity contribution < 1.29 is 9.31 Å². The Hall–Kier alpha value is -2.43. The summed E-state index contributed by atoms with van der Waals surface area (Å²) < 4.78 is 13.9. The lowest BCUT2D eigenvalue weighted by molar-refractivity contribution is -0.387. The van der Waals surface area contributed by atoms with Crippen LogP contribution in [0.5, 0.6) is 0 Å². The summed E-state index contributed by atoms with van der Waals surface area (Å²) in [6.45, 7) is 0. The Bertz CT molecular complexity index is 584. The Morgan fingerprint density at radius 3 is 2.53 bits per heavy atom. The Kier molecular flexibility index (Phi) is 2.74. The predicted octanol–water partition coefficient (Wildman–Crippen LogP) is 2.98. The minimum Gasteiger partial charge on any atom is -0.399 e. The van der Waals surface area contributed by atoms with Gasteiger partial charge in [-0.15, -0.1) is 0 Å². The van der Waals surface area contributed by atoms with E-state index < -0.39 is 16.4 Å². The first-order valence-electron chi connectivity index (χ1n) is 4.88. The third-order valence-electron chi connectivity index (χ3n) is 2.37. The number of nitro groups is 1. The van der Waals surface area contributed by atoms with Gasteiger partial charge < -0.3 is 5.73 Å². The highest BCUT2D eigenvalue weighted by Gasteiger charge is 2.17. The van der Waals surface area contributed by atoms with Gasteiger partial charge in [-0.25, -0.2) is 0 Å². The molecule has 17 heavy (non-hydrogen) atoms. The van der Waals surface area contributed by atoms with Crippen LogP contribution in [0.4, 0.5) is 15.8 Å². The standard InChI is InChI=1S/C12H9FN2O2/c13-12-10(5-2-6-11(12)15(16)17)8-3-1-4-9(14)7-8/h1-7H,14H2. The first kappa shape index (κ1) is 11.1. The molecule has 0 saturated carbocycles. The highest BCUT2D eigenvalue weighted by molar-refractivity contribution is 5.70. The fourth-order valence-electron chi connectivity index (χ4n) is 1.59. The van der Waals surface area contributed by atoms with Gasteiger partial charge in [0.15, 0.2) is 0 Å². The number of rotatable bonds is 2. The van der Waals surface area contributed by atoms with Gasteiger partial charge >= 0.3 is 5.69 Å². The number of benzene rings is 2. The zero-order valence-electron chi connectivity index (χ0n) is 8.76. The summed E-state index contributed by atoms with van der Waals surface area (Å²) in [5.74, 6) is -0.844. The van der Waals surface area contributed by atoms with Crippen molar-refractivity contribution in [2.24, 2.45) is 0 Å². The summed E-state index contributed by atoms with van der Waals surface area (Å²) in [4.78, 5) is 9.87. The van der Waals surface area contributed by atoms with Crippen LogP contribution < -0.4 is 5.73 Å². The Balaban J connectivity index is 2.60. The quantitative estimate of drug-likeness (QED) is 0.491. The van der Waals surface area contributed by atoms with Gasteiger partial charge in [0, 0.05) is 17.3 Å². The molecule has 2 aromatic rings. The fourth-order valence-corrected chi connectivity index (χ4v) is 1.59. The normalized spacial score (nSPS) is 10.2. The number of hydrogen-bond acceptors (Lipinski definition) is 3. The van der Waals surface area contributed by atoms with Crippen molar-refractivity contribution in [1.29, 1.82) is 0 Å². The molecule has 0 aromatic heterocycles. The molecule has 0 aliphatic heterocycles. The average molecular weight is 232 g/mol. The molecule has 0 amide bonds. The third-order valence-corrected chi connectivity index (χ3v) is 2.37. The van der Waals surface area contributed by atoms with Crippen molar-refractivity contribution in [3.05, 3.63) is 58.4 Å². The minimum absolute atomic E-state index is 0.173. The van der Waals surface area contributed by atoms with E-state index in [1.54, 1.807) is 24.3 Å². The molecule has 86 valence electrons. The first-order valence-corrected chi connectivity index (χ1v) is 4.88. The van der Waals surface area contributed by atoms with Gasteiger partial charge in [-0.2, -0.15) is 4.39 Å². The molecule has 0 radical (unpaired) electrons. The van der Waals surface area contributed by atoms with Crippen molar-refractivity contribution in [3.8, 4) is 11.1 Å². The molecule has 0 heterocycles. The van der Waals surface area contributed by atoms with Gasteiger partial charge in [0.1, 0.15) is 0 Å². The van der Waals surface area contributed by atoms with E-state index >= 15 is 0 Å². The van der Waals surface area contributed by atoms with E-state index in [4.69, 9.17) is 5.73 Å². The second-order valence-electron chi connectivity index (χ2n) is 3.52. The van der Waals surface area contributed by atoms with E-state index in [2.05, 4.69) is 0 Å². The smallest absolute Gasteiger partial charge is 0.305 e. The lowest BCUT2D eigenvalue weighted by atomic mass is 10.0. The molecule has 2 rings (SSSR count). The zero-order valence-corrected chi connectivity index (χ0v) is 8.76. The molecule has 0 aliphatic rings. The van der Waals surface area contributed by atoms with E-state index in [0.29, 0.717) is 11.3 Å². The van der Waals surface area contributed by atoms with E-state index in [9.17, 15) is 14.5 Å². The predicted molar refractivity (Wildman–Crippen MR) is 62.9 cm³/mol. The maximum Gasteiger partial charge on any atom is 0.305 e. The van der Waals surface area contributed by atoms with Crippen molar-refractivity contribution in [2.75, 3.05) is 5.73 Å². The van der Waals surface area contributed by atoms with Crippen LogP contribution in [-0.4, -0.2) is 4.92 Å². The van der Waals surface area contributed by atoms with Crippen LogP contribution in [-0.2, 0) is 0 Å². The van der Waals surface area contributed by atoms with Crippen molar-refractivity contribution in [3.63, 3.8) is 0 Å². The zero-order chi connectivity index (χ0) is 12.4. The molecular weight excluding hydrogens is 223 g/mol. The van der Waals surface area contributed by atoms with Crippen molar-refractivity contribution >= 4 is 11.4 Å². The summed E-state index contributed by atoms with van der Waals surface area (Å²) in [5, 5.41) is 10.6. The molecule has 0 fully saturated rings. The van der Waals surface area contributed by atoms with E-state index in [1.165, 1.54) is 12.1 Å². The topological polar surface area (TPSA) is 69.2 Å². The van der Waals surface area contributed by atoms with Gasteiger partial charge in [0.25, 0.3) is 0 Å². The lowest BCUT2D eigenvalue weighted by Crippen LogP contribution is -1.95. The largest absolute Gasteiger partial charge is 0.399 e. The van der Waals surface area contributed by atoms with Crippen LogP contribution in [0.2, 0.25) is 0 Å². The van der Waals surface area contributed by atoms with Crippen molar-refractivity contribution in [1.82, 2.24) is 0 Å². The molecule has 0 saturated heterocycles. The van der Waals surface area contributed by atoms with Crippen LogP contribution in [0.15, 0.2) is 42.5 Å². The van der Waals surface area contributed by atoms with Crippen LogP contribution in [0.1, 0.15) is 0 Å². The average Bonchev–Trinajstić information content (AvgIpc) is 2.29. The Morgan fingerprint density at radius 2 is 1.88 bits per heavy atom. The summed E-state index contributed by atoms with van der Waals surface area (Å²) in [5.41, 5.74) is 6.22. The van der Waals surface area contributed by atoms with Crippen LogP contribution in [0.25, 0.3) is 11.1 Å². The highest BCUT2D eigenvalue weighted by atomic mass is 19.1. The number of hydrogen-bond donors (Lipinski definition) is 1. The van der Waals surface area contributed by atoms with Crippen molar-refractivity contribution in [2.45, 2.75) is 0 Å². The van der Waals surface area contributed by atoms with Crippen LogP contribution >= 0.6 is 0 Å². The number of nitrogens with two attached hydrogens (primary N) is 1. The monoisotopic (exact) mass is 232 g/mol. The second-order valence-corrected chi connectivity index (χ2v) is 3.52. The van der Waals surface area contributed by atoms with Gasteiger partial charge in [0.05, 0.1) is 4.92 Å². The molecule has 0 unspecified atom stereocenters. The molecule has 5 heteroatoms. The summed E-state index contributed by atoms with van der Waals surface area (Å²) in [6.07, 6.45) is 0. The number of halogens is 1. The molecule has 2 aromatic carbocycles. The molecule has 0 atom stereocenters. The van der Waals surface area contributed by atoms with Gasteiger partial charge in [-0.1, -0.05) is 24.3 Å². The minimum atomic E-state index is -0.844. The maximum absolute atomic E-state index is 13.9. The molecular formula is C12H9FN2O2. The van der Waals surface area contributed by atoms with Crippen LogP contribution in [0, 0.1) is 15.9 Å².